The second-order valence-electron chi connectivity index (χ2n) is 4.77. The molecule has 17 heavy (non-hydrogen) atoms. The van der Waals surface area contributed by atoms with E-state index < -0.39 is 6.10 Å². The summed E-state index contributed by atoms with van der Waals surface area (Å²) in [7, 11) is 0. The van der Waals surface area contributed by atoms with Crippen LogP contribution in [0.2, 0.25) is 0 Å². The Morgan fingerprint density at radius 2 is 2.12 bits per heavy atom. The first-order chi connectivity index (χ1) is 8.20. The number of aliphatic hydroxyl groups excluding tert-OH is 1. The van der Waals surface area contributed by atoms with E-state index in [2.05, 4.69) is 12.2 Å². The van der Waals surface area contributed by atoms with Gasteiger partial charge in [-0.2, -0.15) is 0 Å². The normalized spacial score (nSPS) is 23.9. The molecular weight excluding hydrogens is 216 g/mol. The topological polar surface area (TPSA) is 52.6 Å². The Hall–Kier alpha value is -0.610. The lowest BCUT2D eigenvalue weighted by Crippen LogP contribution is -2.48. The van der Waals surface area contributed by atoms with Gasteiger partial charge in [0, 0.05) is 13.1 Å². The molecule has 0 aromatic heterocycles. The number of aliphatic hydroxyl groups is 1. The minimum absolute atomic E-state index is 0.0639. The van der Waals surface area contributed by atoms with Gasteiger partial charge in [-0.3, -0.25) is 4.79 Å². The number of carbonyl (C=O) groups is 1. The first kappa shape index (κ1) is 14.5. The minimum Gasteiger partial charge on any atom is -0.391 e. The number of nitrogens with one attached hydrogen (secondary N) is 1. The average molecular weight is 242 g/mol. The zero-order valence-corrected chi connectivity index (χ0v) is 11.1. The van der Waals surface area contributed by atoms with Crippen LogP contribution in [0.15, 0.2) is 0 Å². The van der Waals surface area contributed by atoms with Crippen LogP contribution >= 0.6 is 0 Å². The third-order valence-electron chi connectivity index (χ3n) is 3.43. The van der Waals surface area contributed by atoms with Gasteiger partial charge in [0.15, 0.2) is 0 Å². The van der Waals surface area contributed by atoms with Gasteiger partial charge in [-0.25, -0.2) is 0 Å². The zero-order valence-electron chi connectivity index (χ0n) is 11.1. The van der Waals surface area contributed by atoms with Crippen molar-refractivity contribution in [3.8, 4) is 0 Å². The second-order valence-corrected chi connectivity index (χ2v) is 4.77. The van der Waals surface area contributed by atoms with Crippen molar-refractivity contribution in [2.45, 2.75) is 58.1 Å². The highest BCUT2D eigenvalue weighted by molar-refractivity contribution is 5.82. The van der Waals surface area contributed by atoms with Gasteiger partial charge in [0.05, 0.1) is 6.10 Å². The summed E-state index contributed by atoms with van der Waals surface area (Å²) in [4.78, 5) is 14.0. The molecule has 0 spiro atoms. The molecule has 0 aromatic rings. The molecule has 2 atom stereocenters. The zero-order chi connectivity index (χ0) is 12.7. The van der Waals surface area contributed by atoms with E-state index in [9.17, 15) is 9.90 Å². The van der Waals surface area contributed by atoms with Gasteiger partial charge >= 0.3 is 0 Å². The summed E-state index contributed by atoms with van der Waals surface area (Å²) < 4.78 is 0. The molecule has 2 N–H and O–H groups in total. The van der Waals surface area contributed by atoms with E-state index >= 15 is 0 Å². The summed E-state index contributed by atoms with van der Waals surface area (Å²) in [6.45, 7) is 6.47. The third-order valence-corrected chi connectivity index (χ3v) is 3.43. The van der Waals surface area contributed by atoms with E-state index in [1.54, 1.807) is 0 Å². The molecule has 1 aliphatic rings. The van der Waals surface area contributed by atoms with Gasteiger partial charge in [-0.05, 0) is 26.3 Å². The van der Waals surface area contributed by atoms with E-state index in [0.717, 1.165) is 26.1 Å². The Morgan fingerprint density at radius 3 is 2.65 bits per heavy atom. The molecule has 1 rings (SSSR count). The van der Waals surface area contributed by atoms with Crippen molar-refractivity contribution in [2.75, 3.05) is 19.6 Å². The van der Waals surface area contributed by atoms with Gasteiger partial charge in [0.1, 0.15) is 6.04 Å². The van der Waals surface area contributed by atoms with Crippen LogP contribution < -0.4 is 5.32 Å². The Kier molecular flexibility index (Phi) is 6.52. The summed E-state index contributed by atoms with van der Waals surface area (Å²) >= 11 is 0. The molecular formula is C13H26N2O2. The largest absolute Gasteiger partial charge is 0.391 e. The summed E-state index contributed by atoms with van der Waals surface area (Å²) in [6, 6.07) is -0.374. The molecule has 4 nitrogen and oxygen atoms in total. The average Bonchev–Trinajstić information content (AvgIpc) is 2.75. The predicted molar refractivity (Wildman–Crippen MR) is 68.8 cm³/mol. The number of carbonyl (C=O) groups excluding carboxylic acids is 1. The molecule has 0 saturated carbocycles. The highest BCUT2D eigenvalue weighted by Crippen LogP contribution is 2.11. The van der Waals surface area contributed by atoms with E-state index in [1.165, 1.54) is 19.3 Å². The van der Waals surface area contributed by atoms with E-state index in [1.807, 2.05) is 11.8 Å². The van der Waals surface area contributed by atoms with Crippen LogP contribution in [0.25, 0.3) is 0 Å². The van der Waals surface area contributed by atoms with E-state index in [0.29, 0.717) is 6.42 Å². The molecule has 0 aromatic carbocycles. The fourth-order valence-corrected chi connectivity index (χ4v) is 2.29. The Labute approximate surface area is 104 Å². The van der Waals surface area contributed by atoms with Crippen molar-refractivity contribution in [2.24, 2.45) is 0 Å². The first-order valence-corrected chi connectivity index (χ1v) is 6.91. The second kappa shape index (κ2) is 7.67. The molecule has 4 heteroatoms. The van der Waals surface area contributed by atoms with Crippen molar-refractivity contribution < 1.29 is 9.90 Å². The number of rotatable bonds is 7. The van der Waals surface area contributed by atoms with Crippen LogP contribution in [-0.2, 0) is 4.79 Å². The standard InChI is InChI=1S/C13H26N2O2/c1-3-5-6-7-10-15(4-2)13(17)12-11(16)8-9-14-12/h11-12,14,16H,3-10H2,1-2H3/t11?,12-/m0/s1. The van der Waals surface area contributed by atoms with Gasteiger partial charge in [-0.15, -0.1) is 0 Å². The lowest BCUT2D eigenvalue weighted by molar-refractivity contribution is -0.135. The van der Waals surface area contributed by atoms with Crippen molar-refractivity contribution >= 4 is 5.91 Å². The van der Waals surface area contributed by atoms with Crippen LogP contribution in [0, 0.1) is 0 Å². The number of hydrogen-bond donors (Lipinski definition) is 2. The van der Waals surface area contributed by atoms with E-state index in [-0.39, 0.29) is 11.9 Å². The summed E-state index contributed by atoms with van der Waals surface area (Å²) in [6.07, 6.45) is 4.87. The molecule has 1 unspecified atom stereocenters. The third kappa shape index (κ3) is 4.28. The molecule has 100 valence electrons. The SMILES string of the molecule is CCCCCCN(CC)C(=O)[C@H]1NCCC1O. The molecule has 0 aliphatic carbocycles. The predicted octanol–water partition coefficient (Wildman–Crippen LogP) is 1.14. The maximum Gasteiger partial charge on any atom is 0.242 e. The number of unbranched alkanes of at least 4 members (excludes halogenated alkanes) is 3. The quantitative estimate of drug-likeness (QED) is 0.658. The van der Waals surface area contributed by atoms with Crippen molar-refractivity contribution in [1.82, 2.24) is 10.2 Å². The van der Waals surface area contributed by atoms with Gasteiger partial charge < -0.3 is 15.3 Å². The highest BCUT2D eigenvalue weighted by atomic mass is 16.3. The Morgan fingerprint density at radius 1 is 1.35 bits per heavy atom. The number of hydrogen-bond acceptors (Lipinski definition) is 3. The Bertz CT molecular complexity index is 233. The molecule has 1 heterocycles. The Balaban J connectivity index is 2.35. The summed E-state index contributed by atoms with van der Waals surface area (Å²) in [5.41, 5.74) is 0. The molecule has 0 bridgehead atoms. The number of nitrogens with zero attached hydrogens (tertiary/aromatic N) is 1. The first-order valence-electron chi connectivity index (χ1n) is 6.91. The lowest BCUT2D eigenvalue weighted by Gasteiger charge is -2.25. The van der Waals surface area contributed by atoms with Crippen LogP contribution in [0.1, 0.15) is 46.0 Å². The van der Waals surface area contributed by atoms with Crippen LogP contribution in [0.3, 0.4) is 0 Å². The fourth-order valence-electron chi connectivity index (χ4n) is 2.29. The maximum atomic E-state index is 12.2. The monoisotopic (exact) mass is 242 g/mol. The number of likely N-dealkylation sites (N-methyl/N-ethyl adjacent to an activating group) is 1. The molecule has 0 radical (unpaired) electrons. The van der Waals surface area contributed by atoms with Crippen molar-refractivity contribution in [1.29, 1.82) is 0 Å². The molecule has 1 saturated heterocycles. The summed E-state index contributed by atoms with van der Waals surface area (Å²) in [5.74, 6) is 0.0639. The van der Waals surface area contributed by atoms with Gasteiger partial charge in [0.2, 0.25) is 5.91 Å². The molecule has 1 fully saturated rings. The van der Waals surface area contributed by atoms with E-state index in [4.69, 9.17) is 0 Å². The lowest BCUT2D eigenvalue weighted by atomic mass is 10.1. The van der Waals surface area contributed by atoms with Crippen molar-refractivity contribution in [3.63, 3.8) is 0 Å². The summed E-state index contributed by atoms with van der Waals surface area (Å²) in [5, 5.41) is 12.8. The smallest absolute Gasteiger partial charge is 0.242 e. The fraction of sp³-hybridized carbons (Fsp3) is 0.923. The minimum atomic E-state index is -0.507. The van der Waals surface area contributed by atoms with Gasteiger partial charge in [-0.1, -0.05) is 26.2 Å². The van der Waals surface area contributed by atoms with Crippen LogP contribution in [0.5, 0.6) is 0 Å². The molecule has 1 aliphatic heterocycles. The molecule has 1 amide bonds. The highest BCUT2D eigenvalue weighted by Gasteiger charge is 2.33. The maximum absolute atomic E-state index is 12.2. The number of amides is 1. The van der Waals surface area contributed by atoms with Gasteiger partial charge in [0.25, 0.3) is 0 Å². The van der Waals surface area contributed by atoms with Crippen LogP contribution in [0.4, 0.5) is 0 Å². The van der Waals surface area contributed by atoms with Crippen molar-refractivity contribution in [3.05, 3.63) is 0 Å². The van der Waals surface area contributed by atoms with Crippen LogP contribution in [-0.4, -0.2) is 47.7 Å².